The molecule has 0 aliphatic heterocycles. The molecule has 4 heteroatoms. The number of hydrogen-bond acceptors (Lipinski definition) is 4. The molecule has 0 saturated heterocycles. The van der Waals surface area contributed by atoms with Gasteiger partial charge in [-0.25, -0.2) is 0 Å². The summed E-state index contributed by atoms with van der Waals surface area (Å²) in [5.41, 5.74) is 0.767. The van der Waals surface area contributed by atoms with Crippen molar-refractivity contribution in [2.75, 3.05) is 14.2 Å². The summed E-state index contributed by atoms with van der Waals surface area (Å²) < 4.78 is 10.2. The summed E-state index contributed by atoms with van der Waals surface area (Å²) in [6, 6.07) is 8.76. The Kier molecular flexibility index (Phi) is 3.94. The third kappa shape index (κ3) is 2.52. The summed E-state index contributed by atoms with van der Waals surface area (Å²) in [5.74, 6) is 1.17. The molecule has 0 aliphatic carbocycles. The van der Waals surface area contributed by atoms with Crippen molar-refractivity contribution in [2.45, 2.75) is 0 Å². The van der Waals surface area contributed by atoms with E-state index in [1.807, 2.05) is 0 Å². The zero-order valence-corrected chi connectivity index (χ0v) is 9.02. The Morgan fingerprint density at radius 1 is 1.12 bits per heavy atom. The minimum Gasteiger partial charge on any atom is -0.493 e. The Hall–Kier alpha value is -2.46. The molecule has 1 aromatic carbocycles. The van der Waals surface area contributed by atoms with Crippen LogP contribution in [0.5, 0.6) is 11.5 Å². The van der Waals surface area contributed by atoms with Crippen molar-refractivity contribution in [2.24, 2.45) is 0 Å². The first kappa shape index (κ1) is 11.6. The molecular formula is C12H10N2O2. The molecular weight excluding hydrogens is 204 g/mol. The minimum atomic E-state index is 0.0484. The van der Waals surface area contributed by atoms with Crippen molar-refractivity contribution in [3.05, 3.63) is 29.3 Å². The number of rotatable bonds is 3. The van der Waals surface area contributed by atoms with Gasteiger partial charge in [0.05, 0.1) is 14.2 Å². The van der Waals surface area contributed by atoms with Gasteiger partial charge in [-0.15, -0.1) is 0 Å². The molecule has 80 valence electrons. The van der Waals surface area contributed by atoms with Crippen LogP contribution in [0.4, 0.5) is 0 Å². The van der Waals surface area contributed by atoms with Crippen molar-refractivity contribution in [1.82, 2.24) is 0 Å². The van der Waals surface area contributed by atoms with E-state index >= 15 is 0 Å². The molecule has 0 atom stereocenters. The number of allylic oxidation sites excluding steroid dienone is 1. The second-order valence-corrected chi connectivity index (χ2v) is 2.90. The van der Waals surface area contributed by atoms with Crippen molar-refractivity contribution in [3.63, 3.8) is 0 Å². The van der Waals surface area contributed by atoms with E-state index in [0.717, 1.165) is 5.56 Å². The van der Waals surface area contributed by atoms with Gasteiger partial charge in [0.1, 0.15) is 17.7 Å². The van der Waals surface area contributed by atoms with Crippen LogP contribution in [0.15, 0.2) is 23.8 Å². The Labute approximate surface area is 93.9 Å². The molecule has 4 nitrogen and oxygen atoms in total. The van der Waals surface area contributed by atoms with Crippen LogP contribution in [0.2, 0.25) is 0 Å². The van der Waals surface area contributed by atoms with Crippen molar-refractivity contribution in [3.8, 4) is 23.6 Å². The van der Waals surface area contributed by atoms with Gasteiger partial charge in [-0.1, -0.05) is 6.07 Å². The van der Waals surface area contributed by atoms with Crippen molar-refractivity contribution in [1.29, 1.82) is 10.5 Å². The zero-order chi connectivity index (χ0) is 12.0. The van der Waals surface area contributed by atoms with E-state index in [9.17, 15) is 0 Å². The van der Waals surface area contributed by atoms with Gasteiger partial charge < -0.3 is 9.47 Å². The van der Waals surface area contributed by atoms with E-state index in [1.165, 1.54) is 13.2 Å². The largest absolute Gasteiger partial charge is 0.493 e. The van der Waals surface area contributed by atoms with Gasteiger partial charge in [0, 0.05) is 0 Å². The van der Waals surface area contributed by atoms with Gasteiger partial charge in [-0.2, -0.15) is 10.5 Å². The van der Waals surface area contributed by atoms with E-state index in [1.54, 1.807) is 37.4 Å². The summed E-state index contributed by atoms with van der Waals surface area (Å²) in [5, 5.41) is 17.2. The Bertz CT molecular complexity index is 477. The average molecular weight is 214 g/mol. The summed E-state index contributed by atoms with van der Waals surface area (Å²) in [7, 11) is 3.07. The maximum absolute atomic E-state index is 8.62. The van der Waals surface area contributed by atoms with Crippen LogP contribution in [0.25, 0.3) is 6.08 Å². The molecule has 16 heavy (non-hydrogen) atoms. The molecule has 0 bridgehead atoms. The zero-order valence-electron chi connectivity index (χ0n) is 9.02. The predicted octanol–water partition coefficient (Wildman–Crippen LogP) is 2.13. The highest BCUT2D eigenvalue weighted by Gasteiger charge is 2.03. The molecule has 0 saturated carbocycles. The second kappa shape index (κ2) is 5.43. The fourth-order valence-electron chi connectivity index (χ4n) is 1.20. The molecule has 0 fully saturated rings. The van der Waals surface area contributed by atoms with Crippen LogP contribution in [0.3, 0.4) is 0 Å². The van der Waals surface area contributed by atoms with Crippen LogP contribution in [0.1, 0.15) is 5.56 Å². The van der Waals surface area contributed by atoms with Gasteiger partial charge >= 0.3 is 0 Å². The topological polar surface area (TPSA) is 66.0 Å². The van der Waals surface area contributed by atoms with Crippen molar-refractivity contribution < 1.29 is 9.47 Å². The monoisotopic (exact) mass is 214 g/mol. The number of methoxy groups -OCH3 is 2. The van der Waals surface area contributed by atoms with Crippen LogP contribution >= 0.6 is 0 Å². The lowest BCUT2D eigenvalue weighted by Gasteiger charge is -2.07. The lowest BCUT2D eigenvalue weighted by molar-refractivity contribution is 0.355. The SMILES string of the molecule is COc1ccc(C=C(C#N)C#N)cc1OC. The van der Waals surface area contributed by atoms with Crippen LogP contribution in [-0.4, -0.2) is 14.2 Å². The van der Waals surface area contributed by atoms with Gasteiger partial charge in [0.2, 0.25) is 0 Å². The highest BCUT2D eigenvalue weighted by Crippen LogP contribution is 2.28. The highest BCUT2D eigenvalue weighted by atomic mass is 16.5. The van der Waals surface area contributed by atoms with Crippen LogP contribution in [-0.2, 0) is 0 Å². The molecule has 0 unspecified atom stereocenters. The Balaban J connectivity index is 3.15. The van der Waals surface area contributed by atoms with E-state index in [-0.39, 0.29) is 5.57 Å². The number of nitriles is 2. The fourth-order valence-corrected chi connectivity index (χ4v) is 1.20. The van der Waals surface area contributed by atoms with E-state index in [0.29, 0.717) is 11.5 Å². The molecule has 0 amide bonds. The van der Waals surface area contributed by atoms with Crippen LogP contribution in [0, 0.1) is 22.7 Å². The van der Waals surface area contributed by atoms with Crippen molar-refractivity contribution >= 4 is 6.08 Å². The van der Waals surface area contributed by atoms with Gasteiger partial charge in [0.25, 0.3) is 0 Å². The fraction of sp³-hybridized carbons (Fsp3) is 0.167. The average Bonchev–Trinajstić information content (AvgIpc) is 2.35. The lowest BCUT2D eigenvalue weighted by Crippen LogP contribution is -1.90. The molecule has 1 rings (SSSR count). The Morgan fingerprint density at radius 3 is 2.25 bits per heavy atom. The minimum absolute atomic E-state index is 0.0484. The number of hydrogen-bond donors (Lipinski definition) is 0. The lowest BCUT2D eigenvalue weighted by atomic mass is 10.1. The first-order chi connectivity index (χ1) is 7.74. The third-order valence-corrected chi connectivity index (χ3v) is 1.96. The quantitative estimate of drug-likeness (QED) is 0.723. The molecule has 0 spiro atoms. The maximum atomic E-state index is 8.62. The first-order valence-corrected chi connectivity index (χ1v) is 4.49. The highest BCUT2D eigenvalue weighted by molar-refractivity contribution is 5.64. The first-order valence-electron chi connectivity index (χ1n) is 4.49. The Morgan fingerprint density at radius 2 is 1.75 bits per heavy atom. The summed E-state index contributed by atoms with van der Waals surface area (Å²) >= 11 is 0. The van der Waals surface area contributed by atoms with Crippen LogP contribution < -0.4 is 9.47 Å². The number of nitrogens with zero attached hydrogens (tertiary/aromatic N) is 2. The van der Waals surface area contributed by atoms with E-state index in [4.69, 9.17) is 20.0 Å². The predicted molar refractivity (Wildman–Crippen MR) is 58.7 cm³/mol. The summed E-state index contributed by atoms with van der Waals surface area (Å²) in [6.45, 7) is 0. The molecule has 0 radical (unpaired) electrons. The van der Waals surface area contributed by atoms with E-state index in [2.05, 4.69) is 0 Å². The normalized spacial score (nSPS) is 8.50. The maximum Gasteiger partial charge on any atom is 0.161 e. The third-order valence-electron chi connectivity index (χ3n) is 1.96. The van der Waals surface area contributed by atoms with Gasteiger partial charge in [-0.05, 0) is 23.8 Å². The second-order valence-electron chi connectivity index (χ2n) is 2.90. The number of benzene rings is 1. The smallest absolute Gasteiger partial charge is 0.161 e. The van der Waals surface area contributed by atoms with Gasteiger partial charge in [-0.3, -0.25) is 0 Å². The van der Waals surface area contributed by atoms with E-state index < -0.39 is 0 Å². The summed E-state index contributed by atoms with van der Waals surface area (Å²) in [4.78, 5) is 0. The molecule has 0 heterocycles. The van der Waals surface area contributed by atoms with Gasteiger partial charge in [0.15, 0.2) is 11.5 Å². The molecule has 0 aliphatic rings. The standard InChI is InChI=1S/C12H10N2O2/c1-15-11-4-3-9(6-12(11)16-2)5-10(7-13)8-14/h3-6H,1-2H3. The molecule has 1 aromatic rings. The number of ether oxygens (including phenoxy) is 2. The molecule has 0 N–H and O–H groups in total. The summed E-state index contributed by atoms with van der Waals surface area (Å²) in [6.07, 6.45) is 1.49. The molecule has 0 aromatic heterocycles.